The van der Waals surface area contributed by atoms with Crippen molar-refractivity contribution < 1.29 is 31.2 Å². The van der Waals surface area contributed by atoms with Gasteiger partial charge in [-0.25, -0.2) is 13.4 Å². The van der Waals surface area contributed by atoms with E-state index in [1.807, 2.05) is 0 Å². The van der Waals surface area contributed by atoms with Gasteiger partial charge in [0.15, 0.2) is 0 Å². The summed E-state index contributed by atoms with van der Waals surface area (Å²) >= 11 is 0. The minimum absolute atomic E-state index is 0.0456. The third-order valence-electron chi connectivity index (χ3n) is 6.17. The Kier molecular flexibility index (Phi) is 8.90. The molecule has 4 aromatic rings. The molecule has 0 aliphatic rings. The fraction of sp³-hybridized carbons (Fsp3) is 0.172. The fourth-order valence-corrected chi connectivity index (χ4v) is 5.13. The van der Waals surface area contributed by atoms with Gasteiger partial charge in [-0.05, 0) is 24.6 Å². The monoisotopic (exact) mass is 598 g/mol. The standard InChI is InChI=1S/C29H25F3N4O5S/c1-19-12-14-22(15-13-19)42(40,41)35-24-17-33-27(21-10-6-3-7-11-21)36(28(24)39)18-25(37)34-23(26(38)29(30,31)32)16-20-8-4-2-5-9-20/h2-15,17,23,35H,16,18H2,1H3,(H,34,37). The van der Waals surface area contributed by atoms with Gasteiger partial charge in [0.1, 0.15) is 24.1 Å². The molecule has 0 saturated heterocycles. The summed E-state index contributed by atoms with van der Waals surface area (Å²) in [4.78, 5) is 42.8. The van der Waals surface area contributed by atoms with Crippen LogP contribution < -0.4 is 15.6 Å². The van der Waals surface area contributed by atoms with Gasteiger partial charge in [0.2, 0.25) is 5.91 Å². The summed E-state index contributed by atoms with van der Waals surface area (Å²) in [6.45, 7) is 0.916. The molecule has 42 heavy (non-hydrogen) atoms. The van der Waals surface area contributed by atoms with E-state index in [9.17, 15) is 36.0 Å². The lowest BCUT2D eigenvalue weighted by Crippen LogP contribution is -2.49. The van der Waals surface area contributed by atoms with E-state index in [-0.39, 0.29) is 10.7 Å². The lowest BCUT2D eigenvalue weighted by molar-refractivity contribution is -0.173. The second-order valence-corrected chi connectivity index (χ2v) is 11.0. The summed E-state index contributed by atoms with van der Waals surface area (Å²) < 4.78 is 69.0. The Hall–Kier alpha value is -4.78. The number of aryl methyl sites for hydroxylation is 1. The third kappa shape index (κ3) is 7.29. The lowest BCUT2D eigenvalue weighted by atomic mass is 10.0. The summed E-state index contributed by atoms with van der Waals surface area (Å²) in [5.41, 5.74) is 0.0942. The molecule has 0 aliphatic carbocycles. The van der Waals surface area contributed by atoms with Crippen LogP contribution >= 0.6 is 0 Å². The van der Waals surface area contributed by atoms with Crippen LogP contribution in [0.25, 0.3) is 11.4 Å². The van der Waals surface area contributed by atoms with Crippen LogP contribution in [0.2, 0.25) is 0 Å². The number of carbonyl (C=O) groups is 2. The maximum atomic E-state index is 13.5. The molecule has 1 heterocycles. The average molecular weight is 599 g/mol. The van der Waals surface area contributed by atoms with E-state index in [2.05, 4.69) is 15.0 Å². The number of nitrogens with one attached hydrogen (secondary N) is 2. The zero-order valence-corrected chi connectivity index (χ0v) is 22.9. The normalized spacial score (nSPS) is 12.4. The summed E-state index contributed by atoms with van der Waals surface area (Å²) in [6, 6.07) is 19.8. The Morgan fingerprint density at radius 3 is 2.12 bits per heavy atom. The molecule has 2 N–H and O–H groups in total. The number of anilines is 1. The van der Waals surface area contributed by atoms with Crippen LogP contribution in [0.4, 0.5) is 18.9 Å². The van der Waals surface area contributed by atoms with Crippen LogP contribution in [-0.4, -0.2) is 41.9 Å². The molecule has 1 atom stereocenters. The highest BCUT2D eigenvalue weighted by Gasteiger charge is 2.44. The van der Waals surface area contributed by atoms with E-state index >= 15 is 0 Å². The molecule has 9 nitrogen and oxygen atoms in total. The van der Waals surface area contributed by atoms with Crippen molar-refractivity contribution in [1.82, 2.24) is 14.9 Å². The lowest BCUT2D eigenvalue weighted by Gasteiger charge is -2.20. The van der Waals surface area contributed by atoms with Crippen LogP contribution in [0.5, 0.6) is 0 Å². The molecule has 218 valence electrons. The largest absolute Gasteiger partial charge is 0.452 e. The van der Waals surface area contributed by atoms with Gasteiger partial charge in [-0.1, -0.05) is 78.4 Å². The molecule has 0 saturated carbocycles. The molecule has 0 fully saturated rings. The third-order valence-corrected chi connectivity index (χ3v) is 7.55. The van der Waals surface area contributed by atoms with E-state index in [0.29, 0.717) is 11.1 Å². The number of amides is 1. The van der Waals surface area contributed by atoms with Crippen LogP contribution in [-0.2, 0) is 32.6 Å². The number of halogens is 3. The van der Waals surface area contributed by atoms with E-state index in [1.54, 1.807) is 67.6 Å². The Bertz CT molecular complexity index is 1740. The quantitative estimate of drug-likeness (QED) is 0.285. The Balaban J connectivity index is 1.69. The molecule has 0 radical (unpaired) electrons. The summed E-state index contributed by atoms with van der Waals surface area (Å²) in [7, 11) is -4.23. The first-order valence-electron chi connectivity index (χ1n) is 12.5. The zero-order valence-electron chi connectivity index (χ0n) is 22.1. The van der Waals surface area contributed by atoms with E-state index in [4.69, 9.17) is 0 Å². The number of sulfonamides is 1. The Labute approximate surface area is 239 Å². The van der Waals surface area contributed by atoms with Gasteiger partial charge < -0.3 is 5.32 Å². The van der Waals surface area contributed by atoms with Crippen molar-refractivity contribution in [2.75, 3.05) is 4.72 Å². The second-order valence-electron chi connectivity index (χ2n) is 9.34. The average Bonchev–Trinajstić information content (AvgIpc) is 2.95. The first-order chi connectivity index (χ1) is 19.8. The number of alkyl halides is 3. The van der Waals surface area contributed by atoms with Crippen LogP contribution in [0.3, 0.4) is 0 Å². The number of benzene rings is 3. The Morgan fingerprint density at radius 2 is 1.52 bits per heavy atom. The van der Waals surface area contributed by atoms with E-state index in [1.165, 1.54) is 24.3 Å². The van der Waals surface area contributed by atoms with Gasteiger partial charge in [-0.2, -0.15) is 13.2 Å². The Morgan fingerprint density at radius 1 is 0.929 bits per heavy atom. The molecule has 1 aromatic heterocycles. The van der Waals surface area contributed by atoms with Gasteiger partial charge in [-0.3, -0.25) is 23.7 Å². The predicted octanol–water partition coefficient (Wildman–Crippen LogP) is 3.88. The molecule has 0 aliphatic heterocycles. The van der Waals surface area contributed by atoms with E-state index in [0.717, 1.165) is 16.3 Å². The van der Waals surface area contributed by atoms with Crippen molar-refractivity contribution in [3.8, 4) is 11.4 Å². The van der Waals surface area contributed by atoms with Crippen molar-refractivity contribution in [3.05, 3.63) is 113 Å². The highest BCUT2D eigenvalue weighted by molar-refractivity contribution is 7.92. The molecule has 3 aromatic carbocycles. The maximum Gasteiger partial charge on any atom is 0.452 e. The highest BCUT2D eigenvalue weighted by atomic mass is 32.2. The molecule has 1 amide bonds. The number of Topliss-reactive ketones (excluding diaryl/α,β-unsaturated/α-hetero) is 1. The van der Waals surface area contributed by atoms with Gasteiger partial charge in [0.25, 0.3) is 21.4 Å². The molecule has 4 rings (SSSR count). The number of carbonyl (C=O) groups excluding carboxylic acids is 2. The van der Waals surface area contributed by atoms with Gasteiger partial charge in [0, 0.05) is 12.0 Å². The SMILES string of the molecule is Cc1ccc(S(=O)(=O)Nc2cnc(-c3ccccc3)n(CC(=O)NC(Cc3ccccc3)C(=O)C(F)(F)F)c2=O)cc1. The number of aromatic nitrogens is 2. The van der Waals surface area contributed by atoms with Crippen molar-refractivity contribution in [2.45, 2.75) is 37.0 Å². The number of hydrogen-bond donors (Lipinski definition) is 2. The van der Waals surface area contributed by atoms with Gasteiger partial charge in [-0.15, -0.1) is 0 Å². The first kappa shape index (κ1) is 30.2. The van der Waals surface area contributed by atoms with Crippen LogP contribution in [0.1, 0.15) is 11.1 Å². The van der Waals surface area contributed by atoms with Crippen LogP contribution in [0, 0.1) is 6.92 Å². The van der Waals surface area contributed by atoms with E-state index < -0.39 is 58.1 Å². The second kappa shape index (κ2) is 12.4. The maximum absolute atomic E-state index is 13.5. The molecular weight excluding hydrogens is 573 g/mol. The summed E-state index contributed by atoms with van der Waals surface area (Å²) in [5, 5.41) is 2.09. The van der Waals surface area contributed by atoms with Gasteiger partial charge >= 0.3 is 6.18 Å². The van der Waals surface area contributed by atoms with Crippen molar-refractivity contribution in [2.24, 2.45) is 0 Å². The summed E-state index contributed by atoms with van der Waals surface area (Å²) in [6.07, 6.45) is -4.68. The first-order valence-corrected chi connectivity index (χ1v) is 14.0. The van der Waals surface area contributed by atoms with Crippen molar-refractivity contribution in [3.63, 3.8) is 0 Å². The topological polar surface area (TPSA) is 127 Å². The molecular formula is C29H25F3N4O5S. The van der Waals surface area contributed by atoms with Crippen LogP contribution in [0.15, 0.2) is 101 Å². The van der Waals surface area contributed by atoms with Crippen molar-refractivity contribution >= 4 is 27.4 Å². The summed E-state index contributed by atoms with van der Waals surface area (Å²) in [5.74, 6) is -3.29. The minimum Gasteiger partial charge on any atom is -0.344 e. The predicted molar refractivity (Wildman–Crippen MR) is 149 cm³/mol. The van der Waals surface area contributed by atoms with Gasteiger partial charge in [0.05, 0.1) is 11.1 Å². The number of rotatable bonds is 10. The number of ketones is 1. The highest BCUT2D eigenvalue weighted by Crippen LogP contribution is 2.21. The number of nitrogens with zero attached hydrogens (tertiary/aromatic N) is 2. The minimum atomic E-state index is -5.23. The smallest absolute Gasteiger partial charge is 0.344 e. The molecule has 1 unspecified atom stereocenters. The number of hydrogen-bond acceptors (Lipinski definition) is 6. The zero-order chi connectivity index (χ0) is 30.5. The molecule has 0 bridgehead atoms. The fourth-order valence-electron chi connectivity index (χ4n) is 4.09. The molecule has 0 spiro atoms. The van der Waals surface area contributed by atoms with Crippen molar-refractivity contribution in [1.29, 1.82) is 0 Å². The molecule has 13 heteroatoms.